The first-order valence-electron chi connectivity index (χ1n) is 12.3. The number of carbonyl (C=O) groups excluding carboxylic acids is 1. The maximum absolute atomic E-state index is 13.3. The van der Waals surface area contributed by atoms with Crippen LogP contribution in [-0.2, 0) is 9.47 Å². The molecule has 12 heteroatoms. The van der Waals surface area contributed by atoms with Crippen molar-refractivity contribution in [2.24, 2.45) is 11.8 Å². The molecule has 3 fully saturated rings. The zero-order valence-electron chi connectivity index (χ0n) is 19.8. The number of amides is 1. The number of hydrogen-bond acceptors (Lipinski definition) is 9. The fraction of sp³-hybridized carbons (Fsp3) is 0.500. The molecule has 2 aliphatic heterocycles. The molecule has 1 saturated heterocycles. The maximum atomic E-state index is 13.3. The van der Waals surface area contributed by atoms with Gasteiger partial charge in [0.1, 0.15) is 17.9 Å². The van der Waals surface area contributed by atoms with Crippen molar-refractivity contribution < 1.29 is 19.0 Å². The van der Waals surface area contributed by atoms with Gasteiger partial charge >= 0.3 is 0 Å². The van der Waals surface area contributed by atoms with Crippen molar-refractivity contribution in [2.45, 2.75) is 31.0 Å². The molecule has 1 amide bonds. The van der Waals surface area contributed by atoms with Crippen LogP contribution in [0.25, 0.3) is 5.65 Å². The van der Waals surface area contributed by atoms with Gasteiger partial charge in [0, 0.05) is 31.2 Å². The molecule has 5 atom stereocenters. The lowest BCUT2D eigenvalue weighted by Gasteiger charge is -2.35. The Morgan fingerprint density at radius 3 is 2.92 bits per heavy atom. The zero-order valence-corrected chi connectivity index (χ0v) is 19.8. The second kappa shape index (κ2) is 8.20. The molecule has 2 aliphatic carbocycles. The van der Waals surface area contributed by atoms with E-state index in [2.05, 4.69) is 21.0 Å². The quantitative estimate of drug-likeness (QED) is 0.463. The highest BCUT2D eigenvalue weighted by Gasteiger charge is 2.55. The number of aromatic nitrogens is 4. The molecule has 7 rings (SSSR count). The molecule has 36 heavy (non-hydrogen) atoms. The molecular formula is C24H27N7O5. The van der Waals surface area contributed by atoms with E-state index in [0.29, 0.717) is 72.5 Å². The average Bonchev–Trinajstić information content (AvgIpc) is 3.20. The summed E-state index contributed by atoms with van der Waals surface area (Å²) in [6, 6.07) is 3.71. The lowest BCUT2D eigenvalue weighted by molar-refractivity contribution is 0.00732. The third-order valence-corrected chi connectivity index (χ3v) is 7.77. The smallest absolute Gasteiger partial charge is 0.274 e. The fourth-order valence-corrected chi connectivity index (χ4v) is 5.59. The third kappa shape index (κ3) is 3.28. The number of hydrogen-bond donors (Lipinski definition) is 3. The predicted octanol–water partition coefficient (Wildman–Crippen LogP) is 1.16. The van der Waals surface area contributed by atoms with Crippen LogP contribution in [0.3, 0.4) is 0 Å². The van der Waals surface area contributed by atoms with Crippen molar-refractivity contribution in [3.63, 3.8) is 0 Å². The Morgan fingerprint density at radius 1 is 1.28 bits per heavy atom. The van der Waals surface area contributed by atoms with Gasteiger partial charge in [-0.05, 0) is 25.0 Å². The topological polar surface area (TPSA) is 133 Å². The number of anilines is 3. The summed E-state index contributed by atoms with van der Waals surface area (Å²) in [5.74, 6) is 1.91. The minimum Gasteiger partial charge on any atom is -0.485 e. The SMILES string of the molecule is CO[C@@H]1CCC1NC(=O)c1cnn2c3c(c(Nc4cccn(C5[C@H]6COC[C@@H]56)c4=O)nc12)OCCN3. The lowest BCUT2D eigenvalue weighted by Crippen LogP contribution is -2.51. The molecule has 2 saturated carbocycles. The van der Waals surface area contributed by atoms with E-state index in [1.807, 2.05) is 12.3 Å². The highest BCUT2D eigenvalue weighted by molar-refractivity contribution is 6.00. The number of rotatable bonds is 6. The monoisotopic (exact) mass is 493 g/mol. The van der Waals surface area contributed by atoms with Crippen LogP contribution in [-0.4, -0.2) is 70.7 Å². The maximum Gasteiger partial charge on any atom is 0.274 e. The minimum atomic E-state index is -0.267. The van der Waals surface area contributed by atoms with Gasteiger partial charge in [0.2, 0.25) is 5.75 Å². The first-order valence-corrected chi connectivity index (χ1v) is 12.3. The van der Waals surface area contributed by atoms with E-state index < -0.39 is 0 Å². The van der Waals surface area contributed by atoms with Gasteiger partial charge in [-0.2, -0.15) is 9.61 Å². The fourth-order valence-electron chi connectivity index (χ4n) is 5.59. The molecule has 0 radical (unpaired) electrons. The molecule has 4 aliphatic rings. The van der Waals surface area contributed by atoms with Crippen LogP contribution < -0.4 is 26.2 Å². The first kappa shape index (κ1) is 21.6. The summed E-state index contributed by atoms with van der Waals surface area (Å²) in [4.78, 5) is 31.2. The molecular weight excluding hydrogens is 466 g/mol. The molecule has 3 aromatic heterocycles. The Hall–Kier alpha value is -3.64. The summed E-state index contributed by atoms with van der Waals surface area (Å²) in [6.07, 6.45) is 5.13. The molecule has 0 spiro atoms. The summed E-state index contributed by atoms with van der Waals surface area (Å²) in [7, 11) is 1.65. The highest BCUT2D eigenvalue weighted by atomic mass is 16.5. The van der Waals surface area contributed by atoms with Gasteiger partial charge in [0.15, 0.2) is 17.3 Å². The van der Waals surface area contributed by atoms with E-state index in [9.17, 15) is 9.59 Å². The van der Waals surface area contributed by atoms with Gasteiger partial charge in [0.05, 0.1) is 38.1 Å². The number of ether oxygens (including phenoxy) is 3. The summed E-state index contributed by atoms with van der Waals surface area (Å²) in [5.41, 5.74) is 0.967. The van der Waals surface area contributed by atoms with Crippen molar-refractivity contribution in [2.75, 3.05) is 44.1 Å². The van der Waals surface area contributed by atoms with Gasteiger partial charge in [0.25, 0.3) is 11.5 Å². The number of nitrogens with zero attached hydrogens (tertiary/aromatic N) is 4. The van der Waals surface area contributed by atoms with Crippen molar-refractivity contribution >= 4 is 28.9 Å². The molecule has 5 heterocycles. The molecule has 2 unspecified atom stereocenters. The van der Waals surface area contributed by atoms with E-state index in [-0.39, 0.29) is 29.7 Å². The van der Waals surface area contributed by atoms with Crippen LogP contribution in [0, 0.1) is 11.8 Å². The van der Waals surface area contributed by atoms with E-state index in [4.69, 9.17) is 19.2 Å². The van der Waals surface area contributed by atoms with Crippen LogP contribution in [0.4, 0.5) is 17.3 Å². The van der Waals surface area contributed by atoms with E-state index in [0.717, 1.165) is 12.8 Å². The van der Waals surface area contributed by atoms with Crippen molar-refractivity contribution in [3.05, 3.63) is 40.4 Å². The normalized spacial score (nSPS) is 27.9. The van der Waals surface area contributed by atoms with Crippen LogP contribution in [0.15, 0.2) is 29.3 Å². The van der Waals surface area contributed by atoms with E-state index in [1.54, 1.807) is 22.3 Å². The van der Waals surface area contributed by atoms with Gasteiger partial charge in [-0.25, -0.2) is 4.98 Å². The zero-order chi connectivity index (χ0) is 24.4. The van der Waals surface area contributed by atoms with Crippen molar-refractivity contribution in [3.8, 4) is 5.75 Å². The Morgan fingerprint density at radius 2 is 2.14 bits per heavy atom. The number of fused-ring (bicyclic) bond motifs is 4. The van der Waals surface area contributed by atoms with Crippen LogP contribution in [0.2, 0.25) is 0 Å². The number of methoxy groups -OCH3 is 1. The average molecular weight is 494 g/mol. The Bertz CT molecular complexity index is 1410. The van der Waals surface area contributed by atoms with Crippen LogP contribution in [0.1, 0.15) is 29.2 Å². The standard InChI is InChI=1S/C24H27N7O5/c1-34-17-5-4-15(17)28-23(32)12-9-26-31-21(12)29-20(19-22(31)25-6-8-36-19)27-16-3-2-7-30(24(16)33)18-13-10-35-11-14(13)18/h2-3,7,9,13-15,17-18,25H,4-6,8,10-11H2,1H3,(H,27,29)(H,28,32)/t13-,14+,15?,17-,18?/m1/s1. The minimum absolute atomic E-state index is 0.0154. The molecule has 3 aromatic rings. The summed E-state index contributed by atoms with van der Waals surface area (Å²) in [6.45, 7) is 2.41. The number of pyridine rings is 1. The molecule has 12 nitrogen and oxygen atoms in total. The van der Waals surface area contributed by atoms with Crippen LogP contribution >= 0.6 is 0 Å². The second-order valence-electron chi connectivity index (χ2n) is 9.75. The van der Waals surface area contributed by atoms with Gasteiger partial charge < -0.3 is 34.7 Å². The molecule has 188 valence electrons. The van der Waals surface area contributed by atoms with Gasteiger partial charge in [-0.3, -0.25) is 9.59 Å². The Kier molecular flexibility index (Phi) is 4.93. The molecule has 0 bridgehead atoms. The van der Waals surface area contributed by atoms with Crippen molar-refractivity contribution in [1.29, 1.82) is 0 Å². The van der Waals surface area contributed by atoms with Crippen LogP contribution in [0.5, 0.6) is 5.75 Å². The molecule has 3 N–H and O–H groups in total. The predicted molar refractivity (Wildman–Crippen MR) is 129 cm³/mol. The summed E-state index contributed by atoms with van der Waals surface area (Å²) < 4.78 is 20.2. The third-order valence-electron chi connectivity index (χ3n) is 7.77. The summed E-state index contributed by atoms with van der Waals surface area (Å²) >= 11 is 0. The van der Waals surface area contributed by atoms with Gasteiger partial charge in [-0.15, -0.1) is 0 Å². The second-order valence-corrected chi connectivity index (χ2v) is 9.75. The van der Waals surface area contributed by atoms with E-state index in [1.165, 1.54) is 6.20 Å². The lowest BCUT2D eigenvalue weighted by atomic mass is 9.89. The summed E-state index contributed by atoms with van der Waals surface area (Å²) in [5, 5.41) is 13.9. The van der Waals surface area contributed by atoms with Crippen molar-refractivity contribution in [1.82, 2.24) is 24.5 Å². The number of carbonyl (C=O) groups is 1. The number of nitrogens with one attached hydrogen (secondary N) is 3. The van der Waals surface area contributed by atoms with Gasteiger partial charge in [-0.1, -0.05) is 0 Å². The van der Waals surface area contributed by atoms with E-state index >= 15 is 0 Å². The highest BCUT2D eigenvalue weighted by Crippen LogP contribution is 2.53. The Balaban J connectivity index is 1.24. The Labute approximate surface area is 205 Å². The molecule has 0 aromatic carbocycles. The first-order chi connectivity index (χ1) is 17.6. The largest absolute Gasteiger partial charge is 0.485 e.